The van der Waals surface area contributed by atoms with Crippen LogP contribution in [-0.4, -0.2) is 12.1 Å². The molecule has 13 heavy (non-hydrogen) atoms. The summed E-state index contributed by atoms with van der Waals surface area (Å²) in [6.45, 7) is 3.83. The predicted octanol–water partition coefficient (Wildman–Crippen LogP) is 1.84. The molecule has 1 heterocycles. The van der Waals surface area contributed by atoms with Crippen molar-refractivity contribution in [3.63, 3.8) is 0 Å². The molecule has 1 rings (SSSR count). The summed E-state index contributed by atoms with van der Waals surface area (Å²) in [6, 6.07) is 3.71. The lowest BCUT2D eigenvalue weighted by Gasteiger charge is -2.10. The van der Waals surface area contributed by atoms with Gasteiger partial charge in [0.15, 0.2) is 0 Å². The Kier molecular flexibility index (Phi) is 4.73. The molecule has 0 amide bonds. The van der Waals surface area contributed by atoms with Crippen molar-refractivity contribution in [2.75, 3.05) is 7.11 Å². The minimum Gasteiger partial charge on any atom is -0.495 e. The lowest BCUT2D eigenvalue weighted by Crippen LogP contribution is -2.09. The molecule has 0 radical (unpaired) electrons. The van der Waals surface area contributed by atoms with Gasteiger partial charge in [-0.05, 0) is 26.0 Å². The van der Waals surface area contributed by atoms with Crippen LogP contribution in [0, 0.1) is 6.92 Å². The normalized spacial score (nSPS) is 11.7. The maximum absolute atomic E-state index is 5.72. The third-order valence-corrected chi connectivity index (χ3v) is 1.68. The average Bonchev–Trinajstić information content (AvgIpc) is 2.04. The van der Waals surface area contributed by atoms with E-state index in [4.69, 9.17) is 10.5 Å². The molecule has 0 aliphatic carbocycles. The number of nitrogens with zero attached hydrogens (tertiary/aromatic N) is 1. The smallest absolute Gasteiger partial charge is 0.141 e. The second-order valence-corrected chi connectivity index (χ2v) is 2.83. The van der Waals surface area contributed by atoms with Gasteiger partial charge in [-0.25, -0.2) is 0 Å². The fraction of sp³-hybridized carbons (Fsp3) is 0.444. The first kappa shape index (κ1) is 12.2. The highest BCUT2D eigenvalue weighted by Crippen LogP contribution is 2.20. The number of ether oxygens (including phenoxy) is 1. The zero-order chi connectivity index (χ0) is 9.14. The van der Waals surface area contributed by atoms with E-state index in [0.717, 1.165) is 17.1 Å². The Hall–Kier alpha value is -0.800. The molecule has 2 N–H and O–H groups in total. The maximum atomic E-state index is 5.72. The van der Waals surface area contributed by atoms with E-state index in [1.807, 2.05) is 26.0 Å². The number of hydrogen-bond donors (Lipinski definition) is 1. The minimum absolute atomic E-state index is 0. The third kappa shape index (κ3) is 2.86. The second kappa shape index (κ2) is 5.04. The SMILES string of the molecule is COc1ccc(C)nc1C(C)N.Cl. The topological polar surface area (TPSA) is 48.1 Å². The van der Waals surface area contributed by atoms with Crippen molar-refractivity contribution in [2.24, 2.45) is 5.73 Å². The Labute approximate surface area is 84.7 Å². The molecule has 1 aromatic rings. The first-order valence-corrected chi connectivity index (χ1v) is 3.92. The number of rotatable bonds is 2. The standard InChI is InChI=1S/C9H14N2O.ClH/c1-6-4-5-8(12-3)9(11-6)7(2)10;/h4-5,7H,10H2,1-3H3;1H. The molecular weight excluding hydrogens is 188 g/mol. The van der Waals surface area contributed by atoms with Crippen LogP contribution in [0.3, 0.4) is 0 Å². The van der Waals surface area contributed by atoms with Crippen LogP contribution in [0.25, 0.3) is 0 Å². The summed E-state index contributed by atoms with van der Waals surface area (Å²) in [6.07, 6.45) is 0. The molecule has 0 aliphatic heterocycles. The van der Waals surface area contributed by atoms with E-state index in [2.05, 4.69) is 4.98 Å². The van der Waals surface area contributed by atoms with Gasteiger partial charge in [0.05, 0.1) is 12.8 Å². The fourth-order valence-electron chi connectivity index (χ4n) is 1.06. The van der Waals surface area contributed by atoms with Gasteiger partial charge < -0.3 is 10.5 Å². The van der Waals surface area contributed by atoms with Crippen molar-refractivity contribution >= 4 is 12.4 Å². The molecule has 0 aliphatic rings. The highest BCUT2D eigenvalue weighted by atomic mass is 35.5. The Morgan fingerprint density at radius 1 is 1.46 bits per heavy atom. The number of methoxy groups -OCH3 is 1. The average molecular weight is 203 g/mol. The van der Waals surface area contributed by atoms with E-state index < -0.39 is 0 Å². The molecule has 1 aromatic heterocycles. The van der Waals surface area contributed by atoms with Crippen LogP contribution in [0.5, 0.6) is 5.75 Å². The number of halogens is 1. The van der Waals surface area contributed by atoms with Crippen LogP contribution in [0.4, 0.5) is 0 Å². The lowest BCUT2D eigenvalue weighted by atomic mass is 10.2. The van der Waals surface area contributed by atoms with Crippen molar-refractivity contribution in [2.45, 2.75) is 19.9 Å². The first-order chi connectivity index (χ1) is 5.65. The number of hydrogen-bond acceptors (Lipinski definition) is 3. The fourth-order valence-corrected chi connectivity index (χ4v) is 1.06. The van der Waals surface area contributed by atoms with Crippen molar-refractivity contribution in [3.05, 3.63) is 23.5 Å². The highest BCUT2D eigenvalue weighted by molar-refractivity contribution is 5.85. The van der Waals surface area contributed by atoms with Crippen LogP contribution in [-0.2, 0) is 0 Å². The quantitative estimate of drug-likeness (QED) is 0.796. The zero-order valence-corrected chi connectivity index (χ0v) is 8.89. The van der Waals surface area contributed by atoms with E-state index in [9.17, 15) is 0 Å². The summed E-state index contributed by atoms with van der Waals surface area (Å²) in [5.41, 5.74) is 7.49. The van der Waals surface area contributed by atoms with Gasteiger partial charge in [-0.1, -0.05) is 0 Å². The summed E-state index contributed by atoms with van der Waals surface area (Å²) < 4.78 is 5.12. The van der Waals surface area contributed by atoms with Crippen LogP contribution in [0.1, 0.15) is 24.4 Å². The monoisotopic (exact) mass is 202 g/mol. The molecule has 0 saturated carbocycles. The van der Waals surface area contributed by atoms with Crippen LogP contribution in [0.15, 0.2) is 12.1 Å². The number of aryl methyl sites for hydroxylation is 1. The number of aromatic nitrogens is 1. The molecule has 3 nitrogen and oxygen atoms in total. The molecule has 0 fully saturated rings. The van der Waals surface area contributed by atoms with E-state index >= 15 is 0 Å². The summed E-state index contributed by atoms with van der Waals surface area (Å²) in [5, 5.41) is 0. The molecule has 74 valence electrons. The van der Waals surface area contributed by atoms with Gasteiger partial charge in [-0.15, -0.1) is 12.4 Å². The van der Waals surface area contributed by atoms with Crippen LogP contribution < -0.4 is 10.5 Å². The molecule has 1 unspecified atom stereocenters. The minimum atomic E-state index is -0.0835. The van der Waals surface area contributed by atoms with Gasteiger partial charge in [0.2, 0.25) is 0 Å². The van der Waals surface area contributed by atoms with Gasteiger partial charge >= 0.3 is 0 Å². The predicted molar refractivity (Wildman–Crippen MR) is 55.4 cm³/mol. The number of nitrogens with two attached hydrogens (primary N) is 1. The van der Waals surface area contributed by atoms with Gasteiger partial charge in [0.25, 0.3) is 0 Å². The summed E-state index contributed by atoms with van der Waals surface area (Å²) in [5.74, 6) is 0.760. The van der Waals surface area contributed by atoms with Gasteiger partial charge in [0, 0.05) is 11.7 Å². The van der Waals surface area contributed by atoms with Gasteiger partial charge in [-0.3, -0.25) is 4.98 Å². The highest BCUT2D eigenvalue weighted by Gasteiger charge is 2.08. The molecule has 0 saturated heterocycles. The summed E-state index contributed by atoms with van der Waals surface area (Å²) in [7, 11) is 1.62. The summed E-state index contributed by atoms with van der Waals surface area (Å²) in [4.78, 5) is 4.29. The Bertz CT molecular complexity index is 276. The van der Waals surface area contributed by atoms with E-state index in [-0.39, 0.29) is 18.4 Å². The largest absolute Gasteiger partial charge is 0.495 e. The lowest BCUT2D eigenvalue weighted by molar-refractivity contribution is 0.403. The van der Waals surface area contributed by atoms with Crippen molar-refractivity contribution in [3.8, 4) is 5.75 Å². The Morgan fingerprint density at radius 2 is 2.08 bits per heavy atom. The third-order valence-electron chi connectivity index (χ3n) is 1.68. The van der Waals surface area contributed by atoms with E-state index in [1.165, 1.54) is 0 Å². The molecule has 0 bridgehead atoms. The Balaban J connectivity index is 0.00000144. The molecular formula is C9H15ClN2O. The molecule has 0 spiro atoms. The van der Waals surface area contributed by atoms with Crippen LogP contribution in [0.2, 0.25) is 0 Å². The maximum Gasteiger partial charge on any atom is 0.141 e. The van der Waals surface area contributed by atoms with E-state index in [1.54, 1.807) is 7.11 Å². The van der Waals surface area contributed by atoms with Crippen molar-refractivity contribution in [1.82, 2.24) is 4.98 Å². The molecule has 0 aromatic carbocycles. The number of pyridine rings is 1. The van der Waals surface area contributed by atoms with Gasteiger partial charge in [0.1, 0.15) is 5.75 Å². The first-order valence-electron chi connectivity index (χ1n) is 3.92. The van der Waals surface area contributed by atoms with Crippen molar-refractivity contribution in [1.29, 1.82) is 0 Å². The second-order valence-electron chi connectivity index (χ2n) is 2.83. The summed E-state index contributed by atoms with van der Waals surface area (Å²) >= 11 is 0. The van der Waals surface area contributed by atoms with Crippen LogP contribution >= 0.6 is 12.4 Å². The Morgan fingerprint density at radius 3 is 2.54 bits per heavy atom. The van der Waals surface area contributed by atoms with Crippen molar-refractivity contribution < 1.29 is 4.74 Å². The van der Waals surface area contributed by atoms with Gasteiger partial charge in [-0.2, -0.15) is 0 Å². The molecule has 4 heteroatoms. The molecule has 1 atom stereocenters. The van der Waals surface area contributed by atoms with E-state index in [0.29, 0.717) is 0 Å². The zero-order valence-electron chi connectivity index (χ0n) is 8.07.